The summed E-state index contributed by atoms with van der Waals surface area (Å²) in [7, 11) is 0. The van der Waals surface area contributed by atoms with Crippen molar-refractivity contribution >= 4 is 21.7 Å². The molecule has 3 nitrogen and oxygen atoms in total. The first-order valence-corrected chi connectivity index (χ1v) is 11.6. The van der Waals surface area contributed by atoms with Crippen LogP contribution in [0.25, 0.3) is 21.7 Å². The van der Waals surface area contributed by atoms with Gasteiger partial charge in [-0.25, -0.2) is 0 Å². The quantitative estimate of drug-likeness (QED) is 0.394. The molecule has 2 saturated heterocycles. The van der Waals surface area contributed by atoms with E-state index in [0.717, 1.165) is 29.8 Å². The van der Waals surface area contributed by atoms with E-state index in [1.54, 1.807) is 0 Å². The molecule has 2 aliphatic heterocycles. The molecule has 156 valence electrons. The highest BCUT2D eigenvalue weighted by atomic mass is 16.5. The number of pyridine rings is 1. The SMILES string of the molecule is c1ccc2cc(C3CC4CCC(C3)N4CCOc3cccc4cccnc34)ccc2c1. The minimum Gasteiger partial charge on any atom is -0.490 e. The third-order valence-electron chi connectivity index (χ3n) is 7.33. The van der Waals surface area contributed by atoms with Crippen molar-refractivity contribution in [3.8, 4) is 5.75 Å². The van der Waals surface area contributed by atoms with Crippen LogP contribution in [0.5, 0.6) is 5.75 Å². The van der Waals surface area contributed by atoms with Crippen LogP contribution in [0.4, 0.5) is 0 Å². The summed E-state index contributed by atoms with van der Waals surface area (Å²) in [4.78, 5) is 7.23. The molecule has 2 fully saturated rings. The highest BCUT2D eigenvalue weighted by Gasteiger charge is 2.40. The van der Waals surface area contributed by atoms with E-state index < -0.39 is 0 Å². The average molecular weight is 409 g/mol. The molecule has 0 radical (unpaired) electrons. The van der Waals surface area contributed by atoms with Crippen molar-refractivity contribution in [2.24, 2.45) is 0 Å². The van der Waals surface area contributed by atoms with Crippen molar-refractivity contribution in [3.05, 3.63) is 84.6 Å². The van der Waals surface area contributed by atoms with Crippen LogP contribution >= 0.6 is 0 Å². The first-order chi connectivity index (χ1) is 15.3. The zero-order valence-corrected chi connectivity index (χ0v) is 17.8. The Kier molecular flexibility index (Phi) is 4.84. The van der Waals surface area contributed by atoms with E-state index >= 15 is 0 Å². The molecule has 3 heteroatoms. The fraction of sp³-hybridized carbons (Fsp3) is 0.321. The van der Waals surface area contributed by atoms with Gasteiger partial charge in [-0.2, -0.15) is 0 Å². The van der Waals surface area contributed by atoms with E-state index in [-0.39, 0.29) is 0 Å². The third-order valence-corrected chi connectivity index (χ3v) is 7.33. The van der Waals surface area contributed by atoms with Gasteiger partial charge in [0.05, 0.1) is 0 Å². The summed E-state index contributed by atoms with van der Waals surface area (Å²) in [6.45, 7) is 1.73. The summed E-state index contributed by atoms with van der Waals surface area (Å²) in [5.74, 6) is 1.58. The first kappa shape index (κ1) is 18.8. The predicted octanol–water partition coefficient (Wildman–Crippen LogP) is 6.18. The molecule has 0 amide bonds. The third kappa shape index (κ3) is 3.57. The molecule has 4 aromatic rings. The maximum Gasteiger partial charge on any atom is 0.145 e. The normalized spacial score (nSPS) is 23.4. The van der Waals surface area contributed by atoms with Gasteiger partial charge in [-0.3, -0.25) is 9.88 Å². The largest absolute Gasteiger partial charge is 0.490 e. The number of nitrogens with zero attached hydrogens (tertiary/aromatic N) is 2. The van der Waals surface area contributed by atoms with Crippen molar-refractivity contribution in [2.45, 2.75) is 43.7 Å². The van der Waals surface area contributed by atoms with Gasteiger partial charge in [-0.15, -0.1) is 0 Å². The summed E-state index contributed by atoms with van der Waals surface area (Å²) < 4.78 is 6.20. The van der Waals surface area contributed by atoms with E-state index in [1.165, 1.54) is 42.0 Å². The van der Waals surface area contributed by atoms with E-state index in [9.17, 15) is 0 Å². The fourth-order valence-electron chi connectivity index (χ4n) is 5.83. The molecule has 0 N–H and O–H groups in total. The van der Waals surface area contributed by atoms with Crippen LogP contribution in [-0.4, -0.2) is 35.1 Å². The monoisotopic (exact) mass is 408 g/mol. The van der Waals surface area contributed by atoms with Crippen molar-refractivity contribution < 1.29 is 4.74 Å². The Hall–Kier alpha value is -2.91. The minimum absolute atomic E-state index is 0.682. The van der Waals surface area contributed by atoms with Crippen LogP contribution in [0.3, 0.4) is 0 Å². The highest BCUT2D eigenvalue weighted by Crippen LogP contribution is 2.43. The van der Waals surface area contributed by atoms with Gasteiger partial charge in [0.1, 0.15) is 17.9 Å². The highest BCUT2D eigenvalue weighted by molar-refractivity contribution is 5.84. The van der Waals surface area contributed by atoms with Crippen molar-refractivity contribution in [2.75, 3.05) is 13.2 Å². The minimum atomic E-state index is 0.682. The molecule has 2 unspecified atom stereocenters. The van der Waals surface area contributed by atoms with Crippen LogP contribution < -0.4 is 4.74 Å². The number of aromatic nitrogens is 1. The smallest absolute Gasteiger partial charge is 0.145 e. The molecule has 3 aromatic carbocycles. The second-order valence-corrected chi connectivity index (χ2v) is 9.08. The lowest BCUT2D eigenvalue weighted by Crippen LogP contribution is -2.44. The van der Waals surface area contributed by atoms with Gasteiger partial charge in [0, 0.05) is 30.2 Å². The lowest BCUT2D eigenvalue weighted by molar-refractivity contribution is 0.106. The van der Waals surface area contributed by atoms with Crippen molar-refractivity contribution in [1.82, 2.24) is 9.88 Å². The van der Waals surface area contributed by atoms with E-state index in [0.29, 0.717) is 18.0 Å². The van der Waals surface area contributed by atoms with Gasteiger partial charge < -0.3 is 4.74 Å². The van der Waals surface area contributed by atoms with E-state index in [4.69, 9.17) is 4.74 Å². The van der Waals surface area contributed by atoms with Gasteiger partial charge in [0.15, 0.2) is 0 Å². The van der Waals surface area contributed by atoms with Gasteiger partial charge in [0.25, 0.3) is 0 Å². The maximum atomic E-state index is 6.20. The predicted molar refractivity (Wildman–Crippen MR) is 127 cm³/mol. The zero-order chi connectivity index (χ0) is 20.6. The molecule has 0 aliphatic carbocycles. The Labute approximate surface area is 183 Å². The molecule has 0 saturated carbocycles. The van der Waals surface area contributed by atoms with Crippen LogP contribution in [0.2, 0.25) is 0 Å². The Morgan fingerprint density at radius 2 is 1.58 bits per heavy atom. The summed E-state index contributed by atoms with van der Waals surface area (Å²) in [6.07, 6.45) is 7.03. The Bertz CT molecular complexity index is 1200. The van der Waals surface area contributed by atoms with E-state index in [2.05, 4.69) is 70.5 Å². The summed E-state index contributed by atoms with van der Waals surface area (Å²) in [6, 6.07) is 27.4. The maximum absolute atomic E-state index is 6.20. The molecular weight excluding hydrogens is 380 g/mol. The second-order valence-electron chi connectivity index (χ2n) is 9.08. The molecule has 3 heterocycles. The number of piperidine rings is 1. The Morgan fingerprint density at radius 3 is 2.45 bits per heavy atom. The molecule has 2 aliphatic rings. The molecule has 6 rings (SSSR count). The summed E-state index contributed by atoms with van der Waals surface area (Å²) in [5.41, 5.74) is 2.48. The topological polar surface area (TPSA) is 25.4 Å². The standard InChI is InChI=1S/C28H28N2O/c1-2-6-22-17-23(11-10-20(22)5-1)24-18-25-12-13-26(19-24)30(25)15-16-31-27-9-3-7-21-8-4-14-29-28(21)27/h1-11,14,17,24-26H,12-13,15-16,18-19H2. The van der Waals surface area contributed by atoms with Crippen LogP contribution in [0, 0.1) is 0 Å². The summed E-state index contributed by atoms with van der Waals surface area (Å²) >= 11 is 0. The number of rotatable bonds is 5. The number of para-hydroxylation sites is 1. The number of benzene rings is 3. The molecule has 31 heavy (non-hydrogen) atoms. The zero-order valence-electron chi connectivity index (χ0n) is 17.8. The lowest BCUT2D eigenvalue weighted by Gasteiger charge is -2.39. The second kappa shape index (κ2) is 7.97. The average Bonchev–Trinajstić information content (AvgIpc) is 3.05. The lowest BCUT2D eigenvalue weighted by atomic mass is 9.84. The number of ether oxygens (including phenoxy) is 1. The van der Waals surface area contributed by atoms with Gasteiger partial charge >= 0.3 is 0 Å². The number of fused-ring (bicyclic) bond motifs is 4. The van der Waals surface area contributed by atoms with Gasteiger partial charge in [-0.05, 0) is 60.1 Å². The first-order valence-electron chi connectivity index (χ1n) is 11.6. The summed E-state index contributed by atoms with van der Waals surface area (Å²) in [5, 5.41) is 3.84. The number of hydrogen-bond donors (Lipinski definition) is 0. The van der Waals surface area contributed by atoms with Crippen LogP contribution in [-0.2, 0) is 0 Å². The van der Waals surface area contributed by atoms with E-state index in [1.807, 2.05) is 18.3 Å². The molecule has 0 spiro atoms. The molecule has 2 bridgehead atoms. The Balaban J connectivity index is 1.12. The molecular formula is C28H28N2O. The van der Waals surface area contributed by atoms with Gasteiger partial charge in [-0.1, -0.05) is 60.7 Å². The Morgan fingerprint density at radius 1 is 0.806 bits per heavy atom. The molecule has 1 aromatic heterocycles. The van der Waals surface area contributed by atoms with Crippen LogP contribution in [0.15, 0.2) is 79.0 Å². The fourth-order valence-corrected chi connectivity index (χ4v) is 5.83. The molecule has 2 atom stereocenters. The van der Waals surface area contributed by atoms with Gasteiger partial charge in [0.2, 0.25) is 0 Å². The van der Waals surface area contributed by atoms with Crippen molar-refractivity contribution in [3.63, 3.8) is 0 Å². The van der Waals surface area contributed by atoms with Crippen LogP contribution in [0.1, 0.15) is 37.2 Å². The number of hydrogen-bond acceptors (Lipinski definition) is 3. The van der Waals surface area contributed by atoms with Crippen molar-refractivity contribution in [1.29, 1.82) is 0 Å².